The first-order valence-corrected chi connectivity index (χ1v) is 6.89. The topological polar surface area (TPSA) is 71.9 Å². The molecular formula is C17H13N3O3. The summed E-state index contributed by atoms with van der Waals surface area (Å²) in [5.74, 6) is -1.05. The van der Waals surface area contributed by atoms with E-state index in [9.17, 15) is 9.59 Å². The number of ether oxygens (including phenoxy) is 1. The highest BCUT2D eigenvalue weighted by molar-refractivity contribution is 6.54. The number of nitrogens with zero attached hydrogens (tertiary/aromatic N) is 3. The number of esters is 1. The number of rotatable bonds is 3. The largest absolute Gasteiger partial charge is 0.464 e. The molecular weight excluding hydrogens is 294 g/mol. The van der Waals surface area contributed by atoms with Crippen molar-refractivity contribution in [2.75, 3.05) is 12.1 Å². The number of carbonyl (C=O) groups is 2. The molecule has 1 aromatic heterocycles. The molecule has 0 radical (unpaired) electrons. The number of benzene rings is 1. The molecule has 0 aliphatic carbocycles. The monoisotopic (exact) mass is 307 g/mol. The summed E-state index contributed by atoms with van der Waals surface area (Å²) in [7, 11) is 1.25. The third-order valence-electron chi connectivity index (χ3n) is 3.25. The van der Waals surface area contributed by atoms with E-state index in [1.54, 1.807) is 54.9 Å². The number of carbonyl (C=O) groups excluding carboxylic acids is 2. The number of pyridine rings is 1. The Hall–Kier alpha value is -3.28. The van der Waals surface area contributed by atoms with E-state index in [2.05, 4.69) is 10.1 Å². The number of methoxy groups -OCH3 is 1. The average molecular weight is 307 g/mol. The van der Waals surface area contributed by atoms with Crippen LogP contribution in [0.3, 0.4) is 0 Å². The van der Waals surface area contributed by atoms with Gasteiger partial charge in [-0.05, 0) is 29.8 Å². The fourth-order valence-electron chi connectivity index (χ4n) is 2.16. The number of amides is 1. The molecule has 0 saturated carbocycles. The number of para-hydroxylation sites is 1. The summed E-state index contributed by atoms with van der Waals surface area (Å²) in [5.41, 5.74) is 1.43. The fraction of sp³-hybridized carbons (Fsp3) is 0.0588. The van der Waals surface area contributed by atoms with Gasteiger partial charge in [-0.3, -0.25) is 9.78 Å². The summed E-state index contributed by atoms with van der Waals surface area (Å²) in [6.45, 7) is 0. The highest BCUT2D eigenvalue weighted by Crippen LogP contribution is 2.25. The first kappa shape index (κ1) is 14.6. The minimum atomic E-state index is -0.660. The van der Waals surface area contributed by atoms with Crippen molar-refractivity contribution in [3.05, 3.63) is 66.0 Å². The smallest absolute Gasteiger partial charge is 0.359 e. The maximum Gasteiger partial charge on any atom is 0.359 e. The van der Waals surface area contributed by atoms with Crippen LogP contribution in [0, 0.1) is 0 Å². The summed E-state index contributed by atoms with van der Waals surface area (Å²) in [4.78, 5) is 28.6. The Balaban J connectivity index is 2.05. The van der Waals surface area contributed by atoms with Crippen LogP contribution in [-0.2, 0) is 14.3 Å². The van der Waals surface area contributed by atoms with Crippen molar-refractivity contribution in [1.29, 1.82) is 0 Å². The Kier molecular flexibility index (Phi) is 3.97. The van der Waals surface area contributed by atoms with Crippen LogP contribution in [0.15, 0.2) is 65.5 Å². The molecule has 0 saturated heterocycles. The highest BCUT2D eigenvalue weighted by Gasteiger charge is 2.35. The lowest BCUT2D eigenvalue weighted by molar-refractivity contribution is -0.132. The second-order valence-corrected chi connectivity index (χ2v) is 4.74. The first-order valence-electron chi connectivity index (χ1n) is 6.89. The van der Waals surface area contributed by atoms with Gasteiger partial charge in [0.15, 0.2) is 5.71 Å². The molecule has 6 nitrogen and oxygen atoms in total. The van der Waals surface area contributed by atoms with Crippen LogP contribution in [0.2, 0.25) is 0 Å². The van der Waals surface area contributed by atoms with Gasteiger partial charge >= 0.3 is 5.97 Å². The molecule has 3 rings (SSSR count). The van der Waals surface area contributed by atoms with E-state index in [4.69, 9.17) is 4.74 Å². The van der Waals surface area contributed by atoms with Gasteiger partial charge in [0.05, 0.1) is 18.4 Å². The standard InChI is InChI=1S/C17H13N3O3/c1-23-17(22)15-14(10-12-6-5-9-18-11-12)16(21)20(19-15)13-7-3-2-4-8-13/h2-11H,1H3/b14-10+. The molecule has 6 heteroatoms. The summed E-state index contributed by atoms with van der Waals surface area (Å²) in [6.07, 6.45) is 4.80. The molecule has 2 heterocycles. The van der Waals surface area contributed by atoms with Crippen molar-refractivity contribution in [3.63, 3.8) is 0 Å². The molecule has 0 unspecified atom stereocenters. The molecule has 0 fully saturated rings. The van der Waals surface area contributed by atoms with Crippen molar-refractivity contribution < 1.29 is 14.3 Å². The first-order chi connectivity index (χ1) is 11.2. The van der Waals surface area contributed by atoms with E-state index >= 15 is 0 Å². The Labute approximate surface area is 132 Å². The zero-order chi connectivity index (χ0) is 16.2. The van der Waals surface area contributed by atoms with E-state index in [1.165, 1.54) is 12.1 Å². The number of aromatic nitrogens is 1. The van der Waals surface area contributed by atoms with Gasteiger partial charge in [0.25, 0.3) is 5.91 Å². The molecule has 1 aromatic carbocycles. The Bertz CT molecular complexity index is 798. The summed E-state index contributed by atoms with van der Waals surface area (Å²) in [6, 6.07) is 12.4. The number of anilines is 1. The maximum absolute atomic E-state index is 12.7. The molecule has 1 amide bonds. The van der Waals surface area contributed by atoms with Gasteiger partial charge in [-0.25, -0.2) is 4.79 Å². The van der Waals surface area contributed by atoms with E-state index < -0.39 is 5.97 Å². The zero-order valence-electron chi connectivity index (χ0n) is 12.3. The van der Waals surface area contributed by atoms with Crippen LogP contribution in [-0.4, -0.2) is 29.7 Å². The number of hydrazone groups is 1. The number of hydrogen-bond acceptors (Lipinski definition) is 5. The van der Waals surface area contributed by atoms with Crippen LogP contribution < -0.4 is 5.01 Å². The molecule has 0 N–H and O–H groups in total. The molecule has 0 spiro atoms. The molecule has 23 heavy (non-hydrogen) atoms. The van der Waals surface area contributed by atoms with E-state index in [-0.39, 0.29) is 17.2 Å². The van der Waals surface area contributed by atoms with Gasteiger partial charge in [-0.15, -0.1) is 0 Å². The highest BCUT2D eigenvalue weighted by atomic mass is 16.5. The Morgan fingerprint density at radius 1 is 1.17 bits per heavy atom. The lowest BCUT2D eigenvalue weighted by Crippen LogP contribution is -2.22. The van der Waals surface area contributed by atoms with Gasteiger partial charge in [0.1, 0.15) is 0 Å². The molecule has 114 valence electrons. The van der Waals surface area contributed by atoms with Gasteiger partial charge in [0.2, 0.25) is 0 Å². The van der Waals surface area contributed by atoms with Crippen molar-refractivity contribution >= 4 is 29.4 Å². The normalized spacial score (nSPS) is 15.7. The van der Waals surface area contributed by atoms with Gasteiger partial charge < -0.3 is 4.74 Å². The minimum absolute atomic E-state index is 0.0230. The van der Waals surface area contributed by atoms with E-state index in [0.717, 1.165) is 0 Å². The van der Waals surface area contributed by atoms with Crippen LogP contribution in [0.4, 0.5) is 5.69 Å². The summed E-state index contributed by atoms with van der Waals surface area (Å²) in [5, 5.41) is 5.31. The quantitative estimate of drug-likeness (QED) is 0.642. The molecule has 2 aromatic rings. The molecule has 0 bridgehead atoms. The lowest BCUT2D eigenvalue weighted by atomic mass is 10.1. The van der Waals surface area contributed by atoms with Crippen molar-refractivity contribution in [1.82, 2.24) is 4.98 Å². The second kappa shape index (κ2) is 6.23. The third kappa shape index (κ3) is 2.87. The summed E-state index contributed by atoms with van der Waals surface area (Å²) < 4.78 is 4.73. The zero-order valence-corrected chi connectivity index (χ0v) is 12.3. The lowest BCUT2D eigenvalue weighted by Gasteiger charge is -2.10. The maximum atomic E-state index is 12.7. The molecule has 1 aliphatic rings. The van der Waals surface area contributed by atoms with Crippen LogP contribution in [0.5, 0.6) is 0 Å². The Morgan fingerprint density at radius 2 is 1.96 bits per heavy atom. The fourth-order valence-corrected chi connectivity index (χ4v) is 2.16. The Morgan fingerprint density at radius 3 is 2.61 bits per heavy atom. The van der Waals surface area contributed by atoms with Gasteiger partial charge in [0, 0.05) is 12.4 Å². The van der Waals surface area contributed by atoms with Crippen LogP contribution in [0.1, 0.15) is 5.56 Å². The average Bonchev–Trinajstić information content (AvgIpc) is 2.93. The van der Waals surface area contributed by atoms with Crippen LogP contribution in [0.25, 0.3) is 6.08 Å². The molecule has 1 aliphatic heterocycles. The minimum Gasteiger partial charge on any atom is -0.464 e. The molecule has 0 atom stereocenters. The van der Waals surface area contributed by atoms with Gasteiger partial charge in [-0.1, -0.05) is 24.3 Å². The van der Waals surface area contributed by atoms with E-state index in [1.807, 2.05) is 6.07 Å². The van der Waals surface area contributed by atoms with Gasteiger partial charge in [-0.2, -0.15) is 10.1 Å². The number of hydrogen-bond donors (Lipinski definition) is 0. The predicted molar refractivity (Wildman–Crippen MR) is 85.6 cm³/mol. The van der Waals surface area contributed by atoms with E-state index in [0.29, 0.717) is 11.3 Å². The second-order valence-electron chi connectivity index (χ2n) is 4.74. The van der Waals surface area contributed by atoms with Crippen molar-refractivity contribution in [3.8, 4) is 0 Å². The predicted octanol–water partition coefficient (Wildman–Crippen LogP) is 2.04. The van der Waals surface area contributed by atoms with Crippen molar-refractivity contribution in [2.45, 2.75) is 0 Å². The summed E-state index contributed by atoms with van der Waals surface area (Å²) >= 11 is 0. The van der Waals surface area contributed by atoms with Crippen LogP contribution >= 0.6 is 0 Å². The van der Waals surface area contributed by atoms with Crippen molar-refractivity contribution in [2.24, 2.45) is 5.10 Å². The third-order valence-corrected chi connectivity index (χ3v) is 3.25. The SMILES string of the molecule is COC(=O)C1=NN(c2ccccc2)C(=O)/C1=C/c1cccnc1.